The minimum absolute atomic E-state index is 0. The van der Waals surface area contributed by atoms with Gasteiger partial charge >= 0.3 is 0 Å². The number of hydrogen-bond donors (Lipinski definition) is 3. The second kappa shape index (κ2) is 6.57. The molecule has 2 aliphatic rings. The average Bonchev–Trinajstić information content (AvgIpc) is 2.99. The zero-order chi connectivity index (χ0) is 13.2. The summed E-state index contributed by atoms with van der Waals surface area (Å²) in [6.45, 7) is 1.01. The van der Waals surface area contributed by atoms with E-state index in [9.17, 15) is 9.90 Å². The third kappa shape index (κ3) is 3.14. The van der Waals surface area contributed by atoms with Crippen molar-refractivity contribution in [2.75, 3.05) is 6.54 Å². The highest BCUT2D eigenvalue weighted by Gasteiger charge is 2.32. The minimum atomic E-state index is -0.502. The number of carbonyl (C=O) groups is 1. The van der Waals surface area contributed by atoms with Gasteiger partial charge in [-0.15, -0.1) is 12.4 Å². The number of benzene rings is 1. The first-order valence-electron chi connectivity index (χ1n) is 7.02. The molecular formula is C15H21ClN2O2. The summed E-state index contributed by atoms with van der Waals surface area (Å²) in [6.07, 6.45) is 2.84. The SMILES string of the molecule is Cl.O=C(CC1CCCN1)N[C@H]1c2ccccc2C[C@H]1O. The molecule has 1 aliphatic heterocycles. The van der Waals surface area contributed by atoms with Crippen molar-refractivity contribution in [1.82, 2.24) is 10.6 Å². The predicted octanol–water partition coefficient (Wildman–Crippen LogP) is 1.32. The summed E-state index contributed by atoms with van der Waals surface area (Å²) >= 11 is 0. The lowest BCUT2D eigenvalue weighted by atomic mass is 10.1. The molecule has 0 aromatic heterocycles. The molecule has 3 atom stereocenters. The number of halogens is 1. The maximum atomic E-state index is 12.0. The fraction of sp³-hybridized carbons (Fsp3) is 0.533. The molecule has 0 bridgehead atoms. The Bertz CT molecular complexity index is 475. The third-order valence-corrected chi connectivity index (χ3v) is 4.11. The zero-order valence-electron chi connectivity index (χ0n) is 11.3. The maximum absolute atomic E-state index is 12.0. The van der Waals surface area contributed by atoms with Gasteiger partial charge in [-0.2, -0.15) is 0 Å². The zero-order valence-corrected chi connectivity index (χ0v) is 12.2. The molecule has 1 aliphatic carbocycles. The van der Waals surface area contributed by atoms with Crippen molar-refractivity contribution in [3.8, 4) is 0 Å². The molecular weight excluding hydrogens is 276 g/mol. The van der Waals surface area contributed by atoms with E-state index in [1.807, 2.05) is 24.3 Å². The van der Waals surface area contributed by atoms with Crippen LogP contribution < -0.4 is 10.6 Å². The molecule has 0 spiro atoms. The first kappa shape index (κ1) is 15.3. The van der Waals surface area contributed by atoms with E-state index in [4.69, 9.17) is 0 Å². The Morgan fingerprint density at radius 1 is 1.40 bits per heavy atom. The molecule has 1 aromatic rings. The first-order chi connectivity index (χ1) is 9.24. The number of amides is 1. The highest BCUT2D eigenvalue weighted by atomic mass is 35.5. The van der Waals surface area contributed by atoms with Crippen LogP contribution in [0.15, 0.2) is 24.3 Å². The Hall–Kier alpha value is -1.10. The van der Waals surface area contributed by atoms with Crippen LogP contribution in [0.1, 0.15) is 36.4 Å². The van der Waals surface area contributed by atoms with Crippen molar-refractivity contribution in [2.24, 2.45) is 0 Å². The average molecular weight is 297 g/mol. The molecule has 0 radical (unpaired) electrons. The fourth-order valence-corrected chi connectivity index (χ4v) is 3.13. The number of fused-ring (bicyclic) bond motifs is 1. The number of hydrogen-bond acceptors (Lipinski definition) is 3. The molecule has 1 fully saturated rings. The van der Waals surface area contributed by atoms with Gasteiger partial charge in [-0.05, 0) is 30.5 Å². The summed E-state index contributed by atoms with van der Waals surface area (Å²) < 4.78 is 0. The van der Waals surface area contributed by atoms with Gasteiger partial charge in [-0.1, -0.05) is 24.3 Å². The van der Waals surface area contributed by atoms with E-state index in [-0.39, 0.29) is 24.4 Å². The molecule has 1 aromatic carbocycles. The second-order valence-electron chi connectivity index (χ2n) is 5.51. The predicted molar refractivity (Wildman–Crippen MR) is 79.9 cm³/mol. The van der Waals surface area contributed by atoms with Crippen molar-refractivity contribution >= 4 is 18.3 Å². The normalized spacial score (nSPS) is 27.8. The second-order valence-corrected chi connectivity index (χ2v) is 5.51. The monoisotopic (exact) mass is 296 g/mol. The lowest BCUT2D eigenvalue weighted by molar-refractivity contribution is -0.123. The van der Waals surface area contributed by atoms with E-state index >= 15 is 0 Å². The van der Waals surface area contributed by atoms with Gasteiger partial charge in [-0.3, -0.25) is 4.79 Å². The van der Waals surface area contributed by atoms with Gasteiger partial charge in [0.05, 0.1) is 12.1 Å². The van der Waals surface area contributed by atoms with Crippen LogP contribution in [-0.4, -0.2) is 29.7 Å². The summed E-state index contributed by atoms with van der Waals surface area (Å²) in [4.78, 5) is 12.0. The number of nitrogens with one attached hydrogen (secondary N) is 2. The molecule has 3 N–H and O–H groups in total. The van der Waals surface area contributed by atoms with Gasteiger partial charge in [0.15, 0.2) is 0 Å². The van der Waals surface area contributed by atoms with E-state index in [1.165, 1.54) is 0 Å². The van der Waals surface area contributed by atoms with Crippen molar-refractivity contribution in [1.29, 1.82) is 0 Å². The van der Waals surface area contributed by atoms with Gasteiger partial charge in [-0.25, -0.2) is 0 Å². The highest BCUT2D eigenvalue weighted by Crippen LogP contribution is 2.31. The van der Waals surface area contributed by atoms with Gasteiger partial charge < -0.3 is 15.7 Å². The smallest absolute Gasteiger partial charge is 0.222 e. The van der Waals surface area contributed by atoms with Gasteiger partial charge in [0.2, 0.25) is 5.91 Å². The van der Waals surface area contributed by atoms with Crippen LogP contribution >= 0.6 is 12.4 Å². The molecule has 20 heavy (non-hydrogen) atoms. The quantitative estimate of drug-likeness (QED) is 0.788. The van der Waals surface area contributed by atoms with Gasteiger partial charge in [0.1, 0.15) is 0 Å². The summed E-state index contributed by atoms with van der Waals surface area (Å²) in [6, 6.07) is 7.99. The standard InChI is InChI=1S/C15H20N2O2.ClH/c18-13-8-10-4-1-2-6-12(10)15(13)17-14(19)9-11-5-3-7-16-11;/h1-2,4,6,11,13,15-16,18H,3,5,7-9H2,(H,17,19);1H/t11?,13-,15+;/m1./s1. The van der Waals surface area contributed by atoms with Gasteiger partial charge in [0.25, 0.3) is 0 Å². The van der Waals surface area contributed by atoms with Crippen LogP contribution in [0.2, 0.25) is 0 Å². The number of aliphatic hydroxyl groups is 1. The number of aliphatic hydroxyl groups excluding tert-OH is 1. The van der Waals surface area contributed by atoms with E-state index in [0.29, 0.717) is 18.9 Å². The molecule has 4 nitrogen and oxygen atoms in total. The summed E-state index contributed by atoms with van der Waals surface area (Å²) in [5, 5.41) is 16.4. The van der Waals surface area contributed by atoms with Crippen LogP contribution in [0.25, 0.3) is 0 Å². The van der Waals surface area contributed by atoms with Crippen LogP contribution in [0.3, 0.4) is 0 Å². The van der Waals surface area contributed by atoms with Crippen LogP contribution in [0.4, 0.5) is 0 Å². The Labute approximate surface area is 125 Å². The summed E-state index contributed by atoms with van der Waals surface area (Å²) in [5.74, 6) is 0.0279. The van der Waals surface area contributed by atoms with Crippen molar-refractivity contribution in [3.05, 3.63) is 35.4 Å². The summed E-state index contributed by atoms with van der Waals surface area (Å²) in [7, 11) is 0. The Kier molecular flexibility index (Phi) is 5.02. The fourth-order valence-electron chi connectivity index (χ4n) is 3.13. The molecule has 5 heteroatoms. The summed E-state index contributed by atoms with van der Waals surface area (Å²) in [5.41, 5.74) is 2.20. The van der Waals surface area contributed by atoms with E-state index in [0.717, 1.165) is 30.5 Å². The van der Waals surface area contributed by atoms with Crippen molar-refractivity contribution < 1.29 is 9.90 Å². The number of rotatable bonds is 3. The third-order valence-electron chi connectivity index (χ3n) is 4.11. The lowest BCUT2D eigenvalue weighted by Gasteiger charge is -2.19. The molecule has 1 amide bonds. The molecule has 0 saturated carbocycles. The topological polar surface area (TPSA) is 61.4 Å². The van der Waals surface area contributed by atoms with Crippen LogP contribution in [0.5, 0.6) is 0 Å². The largest absolute Gasteiger partial charge is 0.390 e. The lowest BCUT2D eigenvalue weighted by Crippen LogP contribution is -2.37. The van der Waals surface area contributed by atoms with Gasteiger partial charge in [0, 0.05) is 18.9 Å². The van der Waals surface area contributed by atoms with E-state index in [2.05, 4.69) is 10.6 Å². The maximum Gasteiger partial charge on any atom is 0.222 e. The molecule has 1 unspecified atom stereocenters. The number of carbonyl (C=O) groups excluding carboxylic acids is 1. The Morgan fingerprint density at radius 3 is 2.95 bits per heavy atom. The van der Waals surface area contributed by atoms with Crippen LogP contribution in [0, 0.1) is 0 Å². The Balaban J connectivity index is 0.00000147. The molecule has 1 saturated heterocycles. The minimum Gasteiger partial charge on any atom is -0.390 e. The van der Waals surface area contributed by atoms with Crippen LogP contribution in [-0.2, 0) is 11.2 Å². The molecule has 110 valence electrons. The van der Waals surface area contributed by atoms with E-state index in [1.54, 1.807) is 0 Å². The molecule has 1 heterocycles. The first-order valence-corrected chi connectivity index (χ1v) is 7.02. The van der Waals surface area contributed by atoms with E-state index < -0.39 is 6.10 Å². The van der Waals surface area contributed by atoms with Crippen molar-refractivity contribution in [2.45, 2.75) is 43.9 Å². The highest BCUT2D eigenvalue weighted by molar-refractivity contribution is 5.85. The van der Waals surface area contributed by atoms with Crippen molar-refractivity contribution in [3.63, 3.8) is 0 Å². The molecule has 3 rings (SSSR count). The Morgan fingerprint density at radius 2 is 2.20 bits per heavy atom.